The first kappa shape index (κ1) is 27.9. The van der Waals surface area contributed by atoms with Crippen LogP contribution in [0.25, 0.3) is 17.0 Å². The summed E-state index contributed by atoms with van der Waals surface area (Å²) in [5.74, 6) is 0.364. The van der Waals surface area contributed by atoms with Gasteiger partial charge in [0.15, 0.2) is 0 Å². The molecule has 3 N–H and O–H groups in total. The van der Waals surface area contributed by atoms with Gasteiger partial charge in [-0.25, -0.2) is 19.7 Å². The van der Waals surface area contributed by atoms with Crippen molar-refractivity contribution in [1.29, 1.82) is 5.26 Å². The molecule has 2 unspecified atom stereocenters. The maximum absolute atomic E-state index is 12.0. The van der Waals surface area contributed by atoms with Crippen LogP contribution in [0.4, 0.5) is 10.7 Å². The zero-order valence-electron chi connectivity index (χ0n) is 23.8. The number of aryl methyl sites for hydroxylation is 1. The summed E-state index contributed by atoms with van der Waals surface area (Å²) in [6, 6.07) is 22.5. The highest BCUT2D eigenvalue weighted by Gasteiger charge is 2.49. The van der Waals surface area contributed by atoms with Crippen LogP contribution in [-0.4, -0.2) is 53.1 Å². The topological polar surface area (TPSA) is 140 Å². The van der Waals surface area contributed by atoms with Crippen molar-refractivity contribution < 1.29 is 15.0 Å². The predicted molar refractivity (Wildman–Crippen MR) is 161 cm³/mol. The molecule has 5 aromatic rings. The van der Waals surface area contributed by atoms with Crippen LogP contribution in [-0.2, 0) is 12.0 Å². The number of fused-ring (bicyclic) bond motifs is 1. The van der Waals surface area contributed by atoms with E-state index in [0.717, 1.165) is 22.3 Å². The molecule has 10 heteroatoms. The number of hydrogen-bond acceptors (Lipinski definition) is 7. The van der Waals surface area contributed by atoms with Crippen molar-refractivity contribution in [3.63, 3.8) is 0 Å². The molecule has 0 spiro atoms. The predicted octanol–water partition coefficient (Wildman–Crippen LogP) is 5.33. The Morgan fingerprint density at radius 3 is 2.60 bits per heavy atom. The molecule has 0 aliphatic carbocycles. The fourth-order valence-corrected chi connectivity index (χ4v) is 5.95. The van der Waals surface area contributed by atoms with E-state index in [1.54, 1.807) is 6.20 Å². The van der Waals surface area contributed by atoms with Crippen molar-refractivity contribution in [2.24, 2.45) is 0 Å². The summed E-state index contributed by atoms with van der Waals surface area (Å²) in [6.07, 6.45) is 4.80. The van der Waals surface area contributed by atoms with E-state index in [2.05, 4.69) is 21.4 Å². The van der Waals surface area contributed by atoms with Gasteiger partial charge in [0.1, 0.15) is 23.0 Å². The summed E-state index contributed by atoms with van der Waals surface area (Å²) >= 11 is 0. The monoisotopic (exact) mass is 573 g/mol. The van der Waals surface area contributed by atoms with Gasteiger partial charge in [-0.2, -0.15) is 5.26 Å². The van der Waals surface area contributed by atoms with Gasteiger partial charge in [0.2, 0.25) is 5.95 Å². The minimum atomic E-state index is -1.32. The van der Waals surface area contributed by atoms with Gasteiger partial charge < -0.3 is 20.4 Å². The maximum atomic E-state index is 12.0. The highest BCUT2D eigenvalue weighted by molar-refractivity contribution is 5.68. The van der Waals surface area contributed by atoms with E-state index in [-0.39, 0.29) is 12.6 Å². The first-order valence-corrected chi connectivity index (χ1v) is 14.1. The van der Waals surface area contributed by atoms with Gasteiger partial charge >= 0.3 is 6.09 Å². The van der Waals surface area contributed by atoms with Gasteiger partial charge in [0, 0.05) is 19.2 Å². The first-order valence-electron chi connectivity index (χ1n) is 14.1. The van der Waals surface area contributed by atoms with Crippen LogP contribution in [0.3, 0.4) is 0 Å². The van der Waals surface area contributed by atoms with E-state index in [9.17, 15) is 20.3 Å². The zero-order chi connectivity index (χ0) is 30.1. The van der Waals surface area contributed by atoms with Crippen LogP contribution in [0.5, 0.6) is 0 Å². The minimum absolute atomic E-state index is 0.201. The Bertz CT molecular complexity index is 1830. The van der Waals surface area contributed by atoms with Crippen LogP contribution >= 0.6 is 0 Å². The van der Waals surface area contributed by atoms with Gasteiger partial charge in [-0.05, 0) is 48.6 Å². The number of aliphatic hydroxyl groups is 1. The molecule has 3 aromatic heterocycles. The van der Waals surface area contributed by atoms with E-state index >= 15 is 0 Å². The summed E-state index contributed by atoms with van der Waals surface area (Å²) in [4.78, 5) is 27.0. The highest BCUT2D eigenvalue weighted by Crippen LogP contribution is 2.40. The van der Waals surface area contributed by atoms with Crippen molar-refractivity contribution in [2.75, 3.05) is 11.9 Å². The molecule has 4 heterocycles. The average molecular weight is 574 g/mol. The number of anilines is 1. The molecular weight excluding hydrogens is 542 g/mol. The van der Waals surface area contributed by atoms with Gasteiger partial charge in [-0.15, -0.1) is 0 Å². The summed E-state index contributed by atoms with van der Waals surface area (Å²) in [5, 5.41) is 34.8. The molecule has 1 aliphatic rings. The summed E-state index contributed by atoms with van der Waals surface area (Å²) in [6.45, 7) is 4.21. The fraction of sp³-hybridized carbons (Fsp3) is 0.242. The standard InChI is InChI=1S/C33H31N7O3/c1-21-7-6-15-39-27(20-35-30(21)39)29-25(18-34)19-36-31(38-29)37-22(2)24-10-12-26(13-11-24)33(43)14-16-40(32(41)42)28(33)17-23-8-4-3-5-9-23/h3-13,15,19-20,22,28,43H,14,16-17H2,1-2H3,(H,41,42)(H,36,37,38)/t22-,28?,33?/m0/s1. The third kappa shape index (κ3) is 5.15. The molecular formula is C33H31N7O3. The second kappa shape index (κ2) is 11.2. The normalized spacial score (nSPS) is 18.8. The van der Waals surface area contributed by atoms with Gasteiger partial charge in [0.05, 0.1) is 35.7 Å². The van der Waals surface area contributed by atoms with E-state index in [1.165, 1.54) is 11.1 Å². The third-order valence-electron chi connectivity index (χ3n) is 8.32. The van der Waals surface area contributed by atoms with Crippen molar-refractivity contribution in [2.45, 2.75) is 44.4 Å². The zero-order valence-corrected chi connectivity index (χ0v) is 23.8. The van der Waals surface area contributed by atoms with Crippen LogP contribution in [0, 0.1) is 18.3 Å². The molecule has 216 valence electrons. The number of imidazole rings is 1. The van der Waals surface area contributed by atoms with Crippen molar-refractivity contribution in [3.8, 4) is 17.5 Å². The quantitative estimate of drug-likeness (QED) is 0.238. The Morgan fingerprint density at radius 2 is 1.88 bits per heavy atom. The Kier molecular flexibility index (Phi) is 7.26. The van der Waals surface area contributed by atoms with Gasteiger partial charge in [-0.3, -0.25) is 4.40 Å². The lowest BCUT2D eigenvalue weighted by molar-refractivity contribution is 0.00132. The highest BCUT2D eigenvalue weighted by atomic mass is 16.4. The summed E-state index contributed by atoms with van der Waals surface area (Å²) in [5.41, 5.74) is 4.59. The molecule has 1 aliphatic heterocycles. The molecule has 0 bridgehead atoms. The molecule has 10 nitrogen and oxygen atoms in total. The Hall–Kier alpha value is -5.27. The molecule has 1 amide bonds. The minimum Gasteiger partial charge on any atom is -0.465 e. The Morgan fingerprint density at radius 1 is 1.12 bits per heavy atom. The molecule has 0 saturated carbocycles. The summed E-state index contributed by atoms with van der Waals surface area (Å²) in [7, 11) is 0. The lowest BCUT2D eigenvalue weighted by Crippen LogP contribution is -2.46. The first-order chi connectivity index (χ1) is 20.8. The van der Waals surface area contributed by atoms with E-state index in [1.807, 2.05) is 91.2 Å². The number of likely N-dealkylation sites (tertiary alicyclic amines) is 1. The number of aromatic nitrogens is 4. The van der Waals surface area contributed by atoms with Crippen LogP contribution in [0.15, 0.2) is 85.3 Å². The molecule has 1 fully saturated rings. The van der Waals surface area contributed by atoms with Crippen LogP contribution < -0.4 is 5.32 Å². The van der Waals surface area contributed by atoms with Crippen LogP contribution in [0.2, 0.25) is 0 Å². The summed E-state index contributed by atoms with van der Waals surface area (Å²) < 4.78 is 1.91. The third-order valence-corrected chi connectivity index (χ3v) is 8.32. The number of carboxylic acid groups (broad SMARTS) is 1. The lowest BCUT2D eigenvalue weighted by atomic mass is 9.83. The molecule has 43 heavy (non-hydrogen) atoms. The average Bonchev–Trinajstić information content (AvgIpc) is 3.60. The SMILES string of the molecule is Cc1cccn2c(-c3nc(N[C@@H](C)c4ccc(C5(O)CCN(C(=O)O)C5Cc5ccccc5)cc4)ncc3C#N)cnc12. The number of nitrogens with zero attached hydrogens (tertiary/aromatic N) is 6. The number of rotatable bonds is 7. The number of pyridine rings is 1. The largest absolute Gasteiger partial charge is 0.465 e. The van der Waals surface area contributed by atoms with Gasteiger partial charge in [0.25, 0.3) is 0 Å². The van der Waals surface area contributed by atoms with E-state index in [0.29, 0.717) is 41.3 Å². The second-order valence-electron chi connectivity index (χ2n) is 10.9. The van der Waals surface area contributed by atoms with Crippen molar-refractivity contribution in [3.05, 3.63) is 113 Å². The number of hydrogen-bond donors (Lipinski definition) is 3. The van der Waals surface area contributed by atoms with E-state index < -0.39 is 17.7 Å². The Balaban J connectivity index is 1.24. The number of carbonyl (C=O) groups is 1. The number of benzene rings is 2. The van der Waals surface area contributed by atoms with Crippen LogP contribution in [0.1, 0.15) is 47.2 Å². The number of nitriles is 1. The fourth-order valence-electron chi connectivity index (χ4n) is 5.95. The molecule has 0 radical (unpaired) electrons. The molecule has 3 atom stereocenters. The van der Waals surface area contributed by atoms with Crippen molar-refractivity contribution >= 4 is 17.7 Å². The van der Waals surface area contributed by atoms with Crippen molar-refractivity contribution in [1.82, 2.24) is 24.3 Å². The smallest absolute Gasteiger partial charge is 0.407 e. The van der Waals surface area contributed by atoms with E-state index in [4.69, 9.17) is 4.98 Å². The molecule has 1 saturated heterocycles. The second-order valence-corrected chi connectivity index (χ2v) is 10.9. The maximum Gasteiger partial charge on any atom is 0.407 e. The lowest BCUT2D eigenvalue weighted by Gasteiger charge is -2.34. The number of amides is 1. The Labute approximate surface area is 248 Å². The molecule has 6 rings (SSSR count). The van der Waals surface area contributed by atoms with Gasteiger partial charge in [-0.1, -0.05) is 60.7 Å². The number of nitrogens with one attached hydrogen (secondary N) is 1. The molecule has 2 aromatic carbocycles.